The van der Waals surface area contributed by atoms with E-state index >= 15 is 0 Å². The summed E-state index contributed by atoms with van der Waals surface area (Å²) < 4.78 is 30.1. The van der Waals surface area contributed by atoms with Gasteiger partial charge < -0.3 is 15.0 Å². The molecule has 2 amide bonds. The lowest BCUT2D eigenvalue weighted by Crippen LogP contribution is -2.29. The van der Waals surface area contributed by atoms with Crippen LogP contribution in [0.25, 0.3) is 6.08 Å². The molecule has 6 nitrogen and oxygen atoms in total. The van der Waals surface area contributed by atoms with E-state index in [-0.39, 0.29) is 30.5 Å². The number of alkyl halides is 2. The molecule has 0 spiro atoms. The molecule has 174 valence electrons. The zero-order valence-electron chi connectivity index (χ0n) is 18.1. The number of thioether (sulfide) groups is 1. The fourth-order valence-electron chi connectivity index (χ4n) is 3.10. The van der Waals surface area contributed by atoms with Crippen molar-refractivity contribution in [2.75, 3.05) is 30.9 Å². The second-order valence-corrected chi connectivity index (χ2v) is 9.02. The predicted molar refractivity (Wildman–Crippen MR) is 132 cm³/mol. The highest BCUT2D eigenvalue weighted by Gasteiger charge is 2.32. The minimum atomic E-state index is -2.97. The Bertz CT molecular complexity index is 1060. The topological polar surface area (TPSA) is 61.9 Å². The van der Waals surface area contributed by atoms with Crippen LogP contribution in [0.3, 0.4) is 0 Å². The lowest BCUT2D eigenvalue weighted by molar-refractivity contribution is -0.122. The highest BCUT2D eigenvalue weighted by atomic mass is 32.2. The Morgan fingerprint density at radius 3 is 2.58 bits per heavy atom. The normalized spacial score (nSPS) is 14.8. The van der Waals surface area contributed by atoms with Crippen molar-refractivity contribution in [3.05, 3.63) is 59.0 Å². The Morgan fingerprint density at radius 2 is 1.91 bits per heavy atom. The van der Waals surface area contributed by atoms with Gasteiger partial charge in [0.15, 0.2) is 0 Å². The molecule has 3 rings (SSSR count). The van der Waals surface area contributed by atoms with E-state index in [0.717, 1.165) is 17.4 Å². The van der Waals surface area contributed by atoms with Crippen LogP contribution >= 0.6 is 24.0 Å². The number of nitrogens with one attached hydrogen (secondary N) is 1. The van der Waals surface area contributed by atoms with Crippen molar-refractivity contribution >= 4 is 57.6 Å². The summed E-state index contributed by atoms with van der Waals surface area (Å²) in [6.07, 6.45) is 2.13. The number of hydrogen-bond donors (Lipinski definition) is 1. The van der Waals surface area contributed by atoms with Crippen LogP contribution in [0.2, 0.25) is 0 Å². The van der Waals surface area contributed by atoms with Gasteiger partial charge in [-0.25, -0.2) is 0 Å². The van der Waals surface area contributed by atoms with Crippen molar-refractivity contribution in [1.82, 2.24) is 4.90 Å². The minimum Gasteiger partial charge on any atom is -0.434 e. The molecular weight excluding hydrogens is 468 g/mol. The maximum atomic E-state index is 12.8. The Labute approximate surface area is 200 Å². The third-order valence-electron chi connectivity index (χ3n) is 4.75. The maximum absolute atomic E-state index is 12.8. The molecule has 1 fully saturated rings. The molecule has 0 bridgehead atoms. The number of carbonyl (C=O) groups is 2. The number of amides is 2. The van der Waals surface area contributed by atoms with Crippen LogP contribution in [0.4, 0.5) is 20.2 Å². The van der Waals surface area contributed by atoms with E-state index in [2.05, 4.69) is 10.1 Å². The van der Waals surface area contributed by atoms with Crippen LogP contribution < -0.4 is 15.0 Å². The zero-order valence-corrected chi connectivity index (χ0v) is 19.7. The fraction of sp³-hybridized carbons (Fsp3) is 0.261. The molecule has 0 aliphatic carbocycles. The van der Waals surface area contributed by atoms with Crippen molar-refractivity contribution in [3.63, 3.8) is 0 Å². The molecule has 1 N–H and O–H groups in total. The van der Waals surface area contributed by atoms with Gasteiger partial charge in [-0.2, -0.15) is 8.78 Å². The molecule has 2 aromatic carbocycles. The number of hydrogen-bond acceptors (Lipinski definition) is 6. The van der Waals surface area contributed by atoms with E-state index in [1.54, 1.807) is 18.2 Å². The van der Waals surface area contributed by atoms with Gasteiger partial charge in [0.2, 0.25) is 5.91 Å². The third kappa shape index (κ3) is 6.75. The smallest absolute Gasteiger partial charge is 0.387 e. The van der Waals surface area contributed by atoms with E-state index < -0.39 is 6.61 Å². The molecule has 0 aromatic heterocycles. The number of ether oxygens (including phenoxy) is 1. The Hall–Kier alpha value is -2.98. The van der Waals surface area contributed by atoms with Gasteiger partial charge in [-0.1, -0.05) is 42.2 Å². The summed E-state index contributed by atoms with van der Waals surface area (Å²) in [7, 11) is 3.87. The first-order valence-electron chi connectivity index (χ1n) is 10.1. The van der Waals surface area contributed by atoms with Crippen LogP contribution in [0.15, 0.2) is 53.4 Å². The van der Waals surface area contributed by atoms with E-state index in [4.69, 9.17) is 12.2 Å². The third-order valence-corrected chi connectivity index (χ3v) is 6.13. The van der Waals surface area contributed by atoms with Crippen LogP contribution in [-0.4, -0.2) is 48.3 Å². The Balaban J connectivity index is 1.55. The van der Waals surface area contributed by atoms with Gasteiger partial charge in [-0.05, 0) is 42.8 Å². The van der Waals surface area contributed by atoms with Crippen LogP contribution in [0.1, 0.15) is 18.4 Å². The number of halogens is 2. The molecule has 10 heteroatoms. The second-order valence-electron chi connectivity index (χ2n) is 7.34. The molecule has 1 aliphatic rings. The summed E-state index contributed by atoms with van der Waals surface area (Å²) in [6, 6.07) is 13.7. The largest absolute Gasteiger partial charge is 0.434 e. The van der Waals surface area contributed by atoms with Gasteiger partial charge in [0.1, 0.15) is 10.1 Å². The highest BCUT2D eigenvalue weighted by Crippen LogP contribution is 2.34. The van der Waals surface area contributed by atoms with Gasteiger partial charge in [-0.15, -0.1) is 0 Å². The molecular formula is C23H23F2N3O3S2. The van der Waals surface area contributed by atoms with E-state index in [9.17, 15) is 18.4 Å². The average Bonchev–Trinajstić information content (AvgIpc) is 3.02. The molecule has 0 atom stereocenters. The number of anilines is 2. The van der Waals surface area contributed by atoms with Crippen molar-refractivity contribution in [1.29, 1.82) is 0 Å². The van der Waals surface area contributed by atoms with E-state index in [1.165, 1.54) is 17.0 Å². The number of nitrogens with zero attached hydrogens (tertiary/aromatic N) is 2. The van der Waals surface area contributed by atoms with Crippen molar-refractivity contribution in [3.8, 4) is 5.75 Å². The van der Waals surface area contributed by atoms with Crippen molar-refractivity contribution in [2.24, 2.45) is 0 Å². The second kappa shape index (κ2) is 11.2. The molecule has 1 heterocycles. The van der Waals surface area contributed by atoms with Crippen LogP contribution in [0.5, 0.6) is 5.75 Å². The van der Waals surface area contributed by atoms with Gasteiger partial charge in [0, 0.05) is 44.0 Å². The number of para-hydroxylation sites is 1. The average molecular weight is 492 g/mol. The molecule has 2 aromatic rings. The van der Waals surface area contributed by atoms with E-state index in [0.29, 0.717) is 26.9 Å². The van der Waals surface area contributed by atoms with Crippen LogP contribution in [-0.2, 0) is 9.59 Å². The summed E-state index contributed by atoms with van der Waals surface area (Å²) >= 11 is 6.39. The monoisotopic (exact) mass is 491 g/mol. The van der Waals surface area contributed by atoms with Gasteiger partial charge in [0.05, 0.1) is 4.91 Å². The SMILES string of the molecule is CN(C)c1ccc(NC(=O)CCCN2C(=O)C(=Cc3ccccc3OC(F)F)SC2=S)cc1. The first-order chi connectivity index (χ1) is 15.7. The molecule has 0 radical (unpaired) electrons. The maximum Gasteiger partial charge on any atom is 0.387 e. The standard InChI is InChI=1S/C23H23F2N3O3S2/c1-27(2)17-11-9-16(10-12-17)26-20(29)8-5-13-28-21(30)19(33-23(28)32)14-15-6-3-4-7-18(15)31-22(24)25/h3-4,6-7,9-12,14,22H,5,8,13H2,1-2H3,(H,26,29). The van der Waals surface area contributed by atoms with E-state index in [1.807, 2.05) is 43.3 Å². The predicted octanol–water partition coefficient (Wildman–Crippen LogP) is 4.97. The molecule has 0 saturated carbocycles. The fourth-order valence-corrected chi connectivity index (χ4v) is 4.40. The van der Waals surface area contributed by atoms with Gasteiger partial charge >= 0.3 is 6.61 Å². The van der Waals surface area contributed by atoms with Crippen LogP contribution in [0, 0.1) is 0 Å². The van der Waals surface area contributed by atoms with Crippen molar-refractivity contribution in [2.45, 2.75) is 19.5 Å². The Kier molecular flexibility index (Phi) is 8.40. The highest BCUT2D eigenvalue weighted by molar-refractivity contribution is 8.26. The number of carbonyl (C=O) groups excluding carboxylic acids is 2. The first-order valence-corrected chi connectivity index (χ1v) is 11.3. The molecule has 33 heavy (non-hydrogen) atoms. The quantitative estimate of drug-likeness (QED) is 0.395. The number of thiocarbonyl (C=S) groups is 1. The molecule has 0 unspecified atom stereocenters. The summed E-state index contributed by atoms with van der Waals surface area (Å²) in [6.45, 7) is -2.68. The number of rotatable bonds is 9. The zero-order chi connectivity index (χ0) is 24.0. The Morgan fingerprint density at radius 1 is 1.21 bits per heavy atom. The number of benzene rings is 2. The van der Waals surface area contributed by atoms with Crippen molar-refractivity contribution < 1.29 is 23.1 Å². The summed E-state index contributed by atoms with van der Waals surface area (Å²) in [5, 5.41) is 2.83. The van der Waals surface area contributed by atoms with Gasteiger partial charge in [0.25, 0.3) is 5.91 Å². The minimum absolute atomic E-state index is 0.0203. The lowest BCUT2D eigenvalue weighted by Gasteiger charge is -2.15. The molecule has 1 aliphatic heterocycles. The lowest BCUT2D eigenvalue weighted by atomic mass is 10.2. The summed E-state index contributed by atoms with van der Waals surface area (Å²) in [5.41, 5.74) is 2.08. The summed E-state index contributed by atoms with van der Waals surface area (Å²) in [5.74, 6) is -0.503. The molecule has 1 saturated heterocycles. The first kappa shape index (κ1) is 24.7. The summed E-state index contributed by atoms with van der Waals surface area (Å²) in [4.78, 5) is 28.7. The van der Waals surface area contributed by atoms with Gasteiger partial charge in [-0.3, -0.25) is 14.5 Å².